The summed E-state index contributed by atoms with van der Waals surface area (Å²) in [6, 6.07) is 17.4. The zero-order valence-electron chi connectivity index (χ0n) is 18.9. The lowest BCUT2D eigenvalue weighted by Crippen LogP contribution is -2.17. The van der Waals surface area contributed by atoms with Gasteiger partial charge >= 0.3 is 0 Å². The van der Waals surface area contributed by atoms with Gasteiger partial charge in [0.05, 0.1) is 18.5 Å². The second-order valence-corrected chi connectivity index (χ2v) is 7.92. The number of aromatic nitrogens is 2. The van der Waals surface area contributed by atoms with Gasteiger partial charge in [-0.1, -0.05) is 68.9 Å². The number of unbranched alkanes of at least 4 members (excludes halogenated alkanes) is 5. The highest BCUT2D eigenvalue weighted by atomic mass is 16.5. The zero-order valence-corrected chi connectivity index (χ0v) is 18.9. The molecule has 32 heavy (non-hydrogen) atoms. The molecule has 1 aromatic heterocycles. The highest BCUT2D eigenvalue weighted by molar-refractivity contribution is 5.94. The van der Waals surface area contributed by atoms with Crippen LogP contribution in [-0.2, 0) is 0 Å². The van der Waals surface area contributed by atoms with Crippen molar-refractivity contribution in [3.05, 3.63) is 71.4 Å². The molecule has 0 atom stereocenters. The molecule has 0 aliphatic carbocycles. The highest BCUT2D eigenvalue weighted by Gasteiger charge is 2.10. The van der Waals surface area contributed by atoms with Crippen LogP contribution in [0.15, 0.2) is 59.7 Å². The third-order valence-corrected chi connectivity index (χ3v) is 5.20. The summed E-state index contributed by atoms with van der Waals surface area (Å²) in [7, 11) is 0. The number of rotatable bonds is 12. The van der Waals surface area contributed by atoms with Gasteiger partial charge in [-0.15, -0.1) is 0 Å². The minimum absolute atomic E-state index is 0.342. The number of hydrogen-bond acceptors (Lipinski definition) is 4. The topological polar surface area (TPSA) is 79.4 Å². The van der Waals surface area contributed by atoms with Gasteiger partial charge in [0.15, 0.2) is 0 Å². The van der Waals surface area contributed by atoms with E-state index in [0.29, 0.717) is 11.4 Å². The molecule has 1 amide bonds. The molecule has 1 heterocycles. The van der Waals surface area contributed by atoms with Crippen LogP contribution >= 0.6 is 0 Å². The van der Waals surface area contributed by atoms with Gasteiger partial charge in [-0.25, -0.2) is 5.43 Å². The molecule has 0 fully saturated rings. The van der Waals surface area contributed by atoms with E-state index in [1.807, 2.05) is 55.5 Å². The minimum atomic E-state index is -0.342. The van der Waals surface area contributed by atoms with Crippen molar-refractivity contribution in [3.63, 3.8) is 0 Å². The van der Waals surface area contributed by atoms with Crippen LogP contribution in [0.2, 0.25) is 0 Å². The van der Waals surface area contributed by atoms with Crippen LogP contribution in [0, 0.1) is 6.92 Å². The predicted molar refractivity (Wildman–Crippen MR) is 129 cm³/mol. The van der Waals surface area contributed by atoms with E-state index in [1.54, 1.807) is 12.3 Å². The number of hydrazone groups is 1. The van der Waals surface area contributed by atoms with Crippen LogP contribution in [0.25, 0.3) is 11.3 Å². The normalized spacial score (nSPS) is 11.1. The van der Waals surface area contributed by atoms with Gasteiger partial charge in [0.1, 0.15) is 11.4 Å². The Balaban J connectivity index is 1.46. The first-order valence-electron chi connectivity index (χ1n) is 11.3. The zero-order chi connectivity index (χ0) is 22.6. The van der Waals surface area contributed by atoms with Gasteiger partial charge in [0, 0.05) is 5.56 Å². The number of ether oxygens (including phenoxy) is 1. The largest absolute Gasteiger partial charge is 0.494 e. The number of benzene rings is 2. The Labute approximate surface area is 190 Å². The molecule has 3 rings (SSSR count). The van der Waals surface area contributed by atoms with Crippen LogP contribution < -0.4 is 10.2 Å². The molecule has 0 aliphatic heterocycles. The third-order valence-electron chi connectivity index (χ3n) is 5.20. The Morgan fingerprint density at radius 1 is 1.03 bits per heavy atom. The molecule has 0 aliphatic rings. The molecule has 0 bridgehead atoms. The number of hydrogen-bond donors (Lipinski definition) is 2. The maximum atomic E-state index is 12.3. The summed E-state index contributed by atoms with van der Waals surface area (Å²) < 4.78 is 5.83. The number of nitrogens with zero attached hydrogens (tertiary/aromatic N) is 2. The standard InChI is InChI=1S/C26H32N4O2/c1-3-4-5-6-7-8-17-32-23-15-13-22(14-16-23)24-18-25(29-28-24)26(31)30-27-19-21-11-9-20(2)10-12-21/h9-16,18-19H,3-8,17H2,1-2H3,(H,28,29)(H,30,31). The Bertz CT molecular complexity index is 991. The molecule has 168 valence electrons. The van der Waals surface area contributed by atoms with E-state index in [4.69, 9.17) is 4.74 Å². The second kappa shape index (κ2) is 12.4. The Hall–Kier alpha value is -3.41. The fourth-order valence-corrected chi connectivity index (χ4v) is 3.26. The van der Waals surface area contributed by atoms with E-state index < -0.39 is 0 Å². The lowest BCUT2D eigenvalue weighted by molar-refractivity contribution is 0.0950. The first-order valence-corrected chi connectivity index (χ1v) is 11.3. The minimum Gasteiger partial charge on any atom is -0.494 e. The number of H-pyrrole nitrogens is 1. The Morgan fingerprint density at radius 2 is 1.75 bits per heavy atom. The Kier molecular flexibility index (Phi) is 9.05. The number of amides is 1. The van der Waals surface area contributed by atoms with Gasteiger partial charge in [-0.3, -0.25) is 9.89 Å². The molecule has 0 saturated heterocycles. The molecular weight excluding hydrogens is 400 g/mol. The number of nitrogens with one attached hydrogen (secondary N) is 2. The molecule has 0 spiro atoms. The van der Waals surface area contributed by atoms with Crippen molar-refractivity contribution in [3.8, 4) is 17.0 Å². The van der Waals surface area contributed by atoms with Crippen molar-refractivity contribution in [2.75, 3.05) is 6.61 Å². The smallest absolute Gasteiger partial charge is 0.289 e. The van der Waals surface area contributed by atoms with Crippen LogP contribution in [0.1, 0.15) is 67.1 Å². The lowest BCUT2D eigenvalue weighted by atomic mass is 10.1. The number of aromatic amines is 1. The van der Waals surface area contributed by atoms with E-state index in [2.05, 4.69) is 27.6 Å². The van der Waals surface area contributed by atoms with E-state index in [1.165, 1.54) is 37.7 Å². The molecule has 2 N–H and O–H groups in total. The molecule has 0 unspecified atom stereocenters. The van der Waals surface area contributed by atoms with Gasteiger partial charge in [-0.05, 0) is 49.2 Å². The summed E-state index contributed by atoms with van der Waals surface area (Å²) in [5, 5.41) is 11.0. The third kappa shape index (κ3) is 7.38. The summed E-state index contributed by atoms with van der Waals surface area (Å²) in [5.41, 5.74) is 6.57. The summed E-state index contributed by atoms with van der Waals surface area (Å²) in [6.45, 7) is 4.99. The van der Waals surface area contributed by atoms with Crippen molar-refractivity contribution < 1.29 is 9.53 Å². The maximum absolute atomic E-state index is 12.3. The van der Waals surface area contributed by atoms with Crippen molar-refractivity contribution in [1.29, 1.82) is 0 Å². The van der Waals surface area contributed by atoms with Gasteiger partial charge < -0.3 is 4.74 Å². The molecule has 6 nitrogen and oxygen atoms in total. The van der Waals surface area contributed by atoms with Crippen molar-refractivity contribution >= 4 is 12.1 Å². The van der Waals surface area contributed by atoms with E-state index in [0.717, 1.165) is 29.9 Å². The Morgan fingerprint density at radius 3 is 2.50 bits per heavy atom. The monoisotopic (exact) mass is 432 g/mol. The highest BCUT2D eigenvalue weighted by Crippen LogP contribution is 2.21. The average Bonchev–Trinajstić information content (AvgIpc) is 3.31. The molecule has 0 radical (unpaired) electrons. The quantitative estimate of drug-likeness (QED) is 0.213. The van der Waals surface area contributed by atoms with Crippen LogP contribution in [0.4, 0.5) is 0 Å². The lowest BCUT2D eigenvalue weighted by Gasteiger charge is -2.06. The first-order chi connectivity index (χ1) is 15.7. The molecule has 2 aromatic carbocycles. The van der Waals surface area contributed by atoms with Crippen LogP contribution in [0.3, 0.4) is 0 Å². The maximum Gasteiger partial charge on any atom is 0.289 e. The van der Waals surface area contributed by atoms with Crippen LogP contribution in [0.5, 0.6) is 5.75 Å². The van der Waals surface area contributed by atoms with Gasteiger partial charge in [0.2, 0.25) is 0 Å². The van der Waals surface area contributed by atoms with E-state index in [9.17, 15) is 4.79 Å². The molecule has 6 heteroatoms. The van der Waals surface area contributed by atoms with Crippen molar-refractivity contribution in [2.45, 2.75) is 52.4 Å². The number of carbonyl (C=O) groups is 1. The molecular formula is C26H32N4O2. The van der Waals surface area contributed by atoms with Crippen LogP contribution in [-0.4, -0.2) is 28.9 Å². The summed E-state index contributed by atoms with van der Waals surface area (Å²) in [5.74, 6) is 0.507. The fourth-order valence-electron chi connectivity index (χ4n) is 3.26. The van der Waals surface area contributed by atoms with E-state index >= 15 is 0 Å². The fraction of sp³-hybridized carbons (Fsp3) is 0.346. The molecule has 0 saturated carbocycles. The molecule has 3 aromatic rings. The SMILES string of the molecule is CCCCCCCCOc1ccc(-c2cc(C(=O)NN=Cc3ccc(C)cc3)[nH]n2)cc1. The second-order valence-electron chi connectivity index (χ2n) is 7.92. The summed E-state index contributed by atoms with van der Waals surface area (Å²) in [4.78, 5) is 12.3. The summed E-state index contributed by atoms with van der Waals surface area (Å²) in [6.07, 6.45) is 9.09. The average molecular weight is 433 g/mol. The number of carbonyl (C=O) groups excluding carboxylic acids is 1. The van der Waals surface area contributed by atoms with Gasteiger partial charge in [-0.2, -0.15) is 10.2 Å². The van der Waals surface area contributed by atoms with Gasteiger partial charge in [0.25, 0.3) is 5.91 Å². The first kappa shape index (κ1) is 23.3. The summed E-state index contributed by atoms with van der Waals surface area (Å²) >= 11 is 0. The van der Waals surface area contributed by atoms with Crippen molar-refractivity contribution in [2.24, 2.45) is 5.10 Å². The predicted octanol–water partition coefficient (Wildman–Crippen LogP) is 5.89. The van der Waals surface area contributed by atoms with E-state index in [-0.39, 0.29) is 5.91 Å². The number of aryl methyl sites for hydroxylation is 1. The van der Waals surface area contributed by atoms with Crippen molar-refractivity contribution in [1.82, 2.24) is 15.6 Å².